The Morgan fingerprint density at radius 3 is 2.92 bits per heavy atom. The third kappa shape index (κ3) is 2.42. The average Bonchev–Trinajstić information content (AvgIpc) is 1.81. The molecule has 0 aromatic carbocycles. The molecule has 1 aliphatic carbocycles. The molecule has 0 heterocycles. The fourth-order valence-electron chi connectivity index (χ4n) is 1.46. The van der Waals surface area contributed by atoms with E-state index in [1.165, 1.54) is 0 Å². The van der Waals surface area contributed by atoms with Gasteiger partial charge in [-0.05, 0) is 25.3 Å². The number of nitrogens with one attached hydrogen (secondary N) is 1. The van der Waals surface area contributed by atoms with Crippen molar-refractivity contribution in [3.63, 3.8) is 0 Å². The Labute approximate surface area is 71.8 Å². The van der Waals surface area contributed by atoms with E-state index in [-0.39, 0.29) is 0 Å². The second kappa shape index (κ2) is 3.43. The molecule has 1 atom stereocenters. The van der Waals surface area contributed by atoms with Gasteiger partial charge in [-0.15, -0.1) is 0 Å². The summed E-state index contributed by atoms with van der Waals surface area (Å²) < 4.78 is 0. The van der Waals surface area contributed by atoms with Gasteiger partial charge in [0.2, 0.25) is 0 Å². The van der Waals surface area contributed by atoms with E-state index in [0.717, 1.165) is 17.7 Å². The number of carbonyl (C=O) groups is 1. The second-order valence-corrected chi connectivity index (χ2v) is 3.19. The van der Waals surface area contributed by atoms with Crippen LogP contribution in [-0.2, 0) is 0 Å². The molecule has 0 saturated carbocycles. The Balaban J connectivity index is 2.66. The molecule has 66 valence electrons. The van der Waals surface area contributed by atoms with Crippen LogP contribution in [0.25, 0.3) is 0 Å². The quantitative estimate of drug-likeness (QED) is 0.628. The summed E-state index contributed by atoms with van der Waals surface area (Å²) in [5.41, 5.74) is 1.91. The van der Waals surface area contributed by atoms with Crippen molar-refractivity contribution in [2.24, 2.45) is 5.92 Å². The van der Waals surface area contributed by atoms with Gasteiger partial charge < -0.3 is 5.11 Å². The number of hydrogen-bond acceptors (Lipinski definition) is 1. The van der Waals surface area contributed by atoms with Crippen LogP contribution in [-0.4, -0.2) is 11.2 Å². The Bertz CT molecular complexity index is 253. The monoisotopic (exact) mass is 167 g/mol. The van der Waals surface area contributed by atoms with Gasteiger partial charge in [0.15, 0.2) is 0 Å². The van der Waals surface area contributed by atoms with Gasteiger partial charge in [-0.3, -0.25) is 5.32 Å². The first-order chi connectivity index (χ1) is 5.58. The summed E-state index contributed by atoms with van der Waals surface area (Å²) in [6.07, 6.45) is 3.80. The van der Waals surface area contributed by atoms with Crippen LogP contribution in [0.4, 0.5) is 4.79 Å². The van der Waals surface area contributed by atoms with Crippen molar-refractivity contribution in [2.45, 2.75) is 20.3 Å². The molecule has 1 unspecified atom stereocenters. The van der Waals surface area contributed by atoms with Crippen molar-refractivity contribution in [2.75, 3.05) is 0 Å². The van der Waals surface area contributed by atoms with Crippen LogP contribution in [0.3, 0.4) is 0 Å². The molecule has 0 aliphatic heterocycles. The molecule has 12 heavy (non-hydrogen) atoms. The van der Waals surface area contributed by atoms with Gasteiger partial charge >= 0.3 is 6.09 Å². The van der Waals surface area contributed by atoms with E-state index >= 15 is 0 Å². The minimum Gasteiger partial charge on any atom is -0.465 e. The van der Waals surface area contributed by atoms with Crippen LogP contribution in [0.5, 0.6) is 0 Å². The predicted molar refractivity (Wildman–Crippen MR) is 46.8 cm³/mol. The Morgan fingerprint density at radius 1 is 1.75 bits per heavy atom. The van der Waals surface area contributed by atoms with Crippen molar-refractivity contribution in [1.29, 1.82) is 0 Å². The van der Waals surface area contributed by atoms with Gasteiger partial charge in [0.05, 0.1) is 0 Å². The third-order valence-corrected chi connectivity index (χ3v) is 1.76. The fourth-order valence-corrected chi connectivity index (χ4v) is 1.46. The summed E-state index contributed by atoms with van der Waals surface area (Å²) in [5.74, 6) is 0.428. The van der Waals surface area contributed by atoms with Gasteiger partial charge in [-0.2, -0.15) is 0 Å². The third-order valence-electron chi connectivity index (χ3n) is 1.76. The zero-order chi connectivity index (χ0) is 9.14. The Morgan fingerprint density at radius 2 is 2.42 bits per heavy atom. The molecule has 0 aromatic heterocycles. The summed E-state index contributed by atoms with van der Waals surface area (Å²) >= 11 is 0. The smallest absolute Gasteiger partial charge is 0.408 e. The van der Waals surface area contributed by atoms with Gasteiger partial charge in [0, 0.05) is 5.70 Å². The number of allylic oxidation sites excluding steroid dienone is 4. The van der Waals surface area contributed by atoms with Crippen molar-refractivity contribution in [1.82, 2.24) is 5.32 Å². The molecule has 0 spiro atoms. The summed E-state index contributed by atoms with van der Waals surface area (Å²) in [4.78, 5) is 10.3. The lowest BCUT2D eigenvalue weighted by molar-refractivity contribution is 0.197. The molecule has 0 fully saturated rings. The van der Waals surface area contributed by atoms with Crippen LogP contribution < -0.4 is 5.32 Å². The highest BCUT2D eigenvalue weighted by molar-refractivity contribution is 5.67. The molecule has 1 amide bonds. The first kappa shape index (κ1) is 8.84. The van der Waals surface area contributed by atoms with E-state index in [1.54, 1.807) is 0 Å². The maximum atomic E-state index is 10.3. The van der Waals surface area contributed by atoms with Gasteiger partial charge in [0.1, 0.15) is 0 Å². The number of hydrogen-bond donors (Lipinski definition) is 2. The maximum absolute atomic E-state index is 10.3. The molecule has 2 N–H and O–H groups in total. The number of carboxylic acid groups (broad SMARTS) is 1. The van der Waals surface area contributed by atoms with E-state index in [9.17, 15) is 4.79 Å². The Hall–Kier alpha value is -1.25. The van der Waals surface area contributed by atoms with Crippen LogP contribution in [0, 0.1) is 5.92 Å². The van der Waals surface area contributed by atoms with Crippen LogP contribution >= 0.6 is 0 Å². The van der Waals surface area contributed by atoms with Gasteiger partial charge in [0.25, 0.3) is 0 Å². The van der Waals surface area contributed by atoms with Crippen LogP contribution in [0.2, 0.25) is 0 Å². The highest BCUT2D eigenvalue weighted by Gasteiger charge is 2.10. The summed E-state index contributed by atoms with van der Waals surface area (Å²) in [6, 6.07) is 0. The SMILES string of the molecule is CC1=CC(C)CC(NC(=O)O)=C1. The zero-order valence-electron chi connectivity index (χ0n) is 7.29. The number of amides is 1. The largest absolute Gasteiger partial charge is 0.465 e. The first-order valence-electron chi connectivity index (χ1n) is 3.97. The van der Waals surface area contributed by atoms with Crippen molar-refractivity contribution in [3.05, 3.63) is 23.4 Å². The van der Waals surface area contributed by atoms with Crippen molar-refractivity contribution in [3.8, 4) is 0 Å². The van der Waals surface area contributed by atoms with Crippen molar-refractivity contribution >= 4 is 6.09 Å². The molecule has 3 nitrogen and oxygen atoms in total. The minimum atomic E-state index is -0.983. The van der Waals surface area contributed by atoms with E-state index < -0.39 is 6.09 Å². The predicted octanol–water partition coefficient (Wildman–Crippen LogP) is 2.12. The fraction of sp³-hybridized carbons (Fsp3) is 0.444. The highest BCUT2D eigenvalue weighted by Crippen LogP contribution is 2.19. The lowest BCUT2D eigenvalue weighted by atomic mass is 9.96. The summed E-state index contributed by atoms with van der Waals surface area (Å²) in [5, 5.41) is 10.8. The molecule has 0 aromatic rings. The van der Waals surface area contributed by atoms with Gasteiger partial charge in [-0.25, -0.2) is 4.79 Å². The summed E-state index contributed by atoms with van der Waals surface area (Å²) in [6.45, 7) is 4.04. The maximum Gasteiger partial charge on any atom is 0.408 e. The minimum absolute atomic E-state index is 0.428. The zero-order valence-corrected chi connectivity index (χ0v) is 7.29. The van der Waals surface area contributed by atoms with Crippen LogP contribution in [0.15, 0.2) is 23.4 Å². The average molecular weight is 167 g/mol. The van der Waals surface area contributed by atoms with Crippen molar-refractivity contribution < 1.29 is 9.90 Å². The molecule has 0 radical (unpaired) electrons. The molecule has 0 bridgehead atoms. The Kier molecular flexibility index (Phi) is 2.53. The topological polar surface area (TPSA) is 49.3 Å². The molecule has 1 rings (SSSR count). The van der Waals surface area contributed by atoms with E-state index in [0.29, 0.717) is 5.92 Å². The second-order valence-electron chi connectivity index (χ2n) is 3.19. The molecule has 0 saturated heterocycles. The molecular formula is C9H13NO2. The van der Waals surface area contributed by atoms with E-state index in [4.69, 9.17) is 5.11 Å². The first-order valence-corrected chi connectivity index (χ1v) is 3.97. The van der Waals surface area contributed by atoms with Crippen LogP contribution in [0.1, 0.15) is 20.3 Å². The molecule has 1 aliphatic rings. The van der Waals surface area contributed by atoms with E-state index in [1.807, 2.05) is 13.0 Å². The highest BCUT2D eigenvalue weighted by atomic mass is 16.4. The lowest BCUT2D eigenvalue weighted by Gasteiger charge is -2.16. The standard InChI is InChI=1S/C9H13NO2/c1-6-3-7(2)5-8(4-6)10-9(11)12/h3-4,7,10H,5H2,1-2H3,(H,11,12). The molecule has 3 heteroatoms. The van der Waals surface area contributed by atoms with Gasteiger partial charge in [-0.1, -0.05) is 18.6 Å². The normalized spacial score (nSPS) is 22.7. The van der Waals surface area contributed by atoms with E-state index in [2.05, 4.69) is 18.3 Å². The number of rotatable bonds is 1. The molecular weight excluding hydrogens is 154 g/mol. The summed E-state index contributed by atoms with van der Waals surface area (Å²) in [7, 11) is 0. The lowest BCUT2D eigenvalue weighted by Crippen LogP contribution is -2.22.